The fraction of sp³-hybridized carbons (Fsp3) is 0.667. The predicted octanol–water partition coefficient (Wildman–Crippen LogP) is -0.231. The quantitative estimate of drug-likeness (QED) is 0.538. The Balaban J connectivity index is 0.000000240. The molecule has 2 bridgehead atoms. The van der Waals surface area contributed by atoms with Crippen LogP contribution in [0.15, 0.2) is 12.2 Å². The van der Waals surface area contributed by atoms with E-state index in [1.54, 1.807) is 0 Å². The first-order chi connectivity index (χ1) is 9.67. The van der Waals surface area contributed by atoms with E-state index in [2.05, 4.69) is 4.90 Å². The van der Waals surface area contributed by atoms with Gasteiger partial charge in [0, 0.05) is 18.7 Å². The van der Waals surface area contributed by atoms with Crippen molar-refractivity contribution in [1.29, 1.82) is 0 Å². The van der Waals surface area contributed by atoms with Crippen LogP contribution in [0.2, 0.25) is 0 Å². The van der Waals surface area contributed by atoms with Gasteiger partial charge in [-0.3, -0.25) is 4.18 Å². The number of rotatable bonds is 4. The van der Waals surface area contributed by atoms with Gasteiger partial charge in [-0.1, -0.05) is 0 Å². The summed E-state index contributed by atoms with van der Waals surface area (Å²) in [5, 5.41) is 15.6. The number of hydrogen-bond donors (Lipinski definition) is 2. The van der Waals surface area contributed by atoms with E-state index >= 15 is 0 Å². The van der Waals surface area contributed by atoms with Gasteiger partial charge in [-0.25, -0.2) is 9.59 Å². The molecule has 0 saturated carbocycles. The van der Waals surface area contributed by atoms with Gasteiger partial charge in [0.15, 0.2) is 0 Å². The predicted molar refractivity (Wildman–Crippen MR) is 73.3 cm³/mol. The average Bonchev–Trinajstić information content (AvgIpc) is 2.36. The Bertz CT molecular complexity index is 490. The molecular weight excluding hydrogens is 302 g/mol. The molecule has 0 aromatic rings. The highest BCUT2D eigenvalue weighted by Gasteiger charge is 2.36. The smallest absolute Gasteiger partial charge is 0.328 e. The highest BCUT2D eigenvalue weighted by atomic mass is 32.2. The lowest BCUT2D eigenvalue weighted by Gasteiger charge is -2.43. The normalized spacial score (nSPS) is 28.0. The van der Waals surface area contributed by atoms with E-state index < -0.39 is 22.1 Å². The maximum absolute atomic E-state index is 10.9. The Kier molecular flexibility index (Phi) is 6.31. The van der Waals surface area contributed by atoms with Gasteiger partial charge in [0.1, 0.15) is 0 Å². The van der Waals surface area contributed by atoms with E-state index in [9.17, 15) is 18.0 Å². The number of carboxylic acids is 2. The van der Waals surface area contributed by atoms with Crippen LogP contribution in [0.1, 0.15) is 12.8 Å². The van der Waals surface area contributed by atoms with Gasteiger partial charge in [0.25, 0.3) is 10.1 Å². The molecule has 1 atom stereocenters. The minimum Gasteiger partial charge on any atom is -0.478 e. The number of carbonyl (C=O) groups is 2. The van der Waals surface area contributed by atoms with E-state index in [0.717, 1.165) is 38.7 Å². The van der Waals surface area contributed by atoms with E-state index in [0.29, 0.717) is 18.1 Å². The highest BCUT2D eigenvalue weighted by molar-refractivity contribution is 7.86. The Morgan fingerprint density at radius 3 is 1.90 bits per heavy atom. The van der Waals surface area contributed by atoms with E-state index in [-0.39, 0.29) is 6.10 Å². The van der Waals surface area contributed by atoms with Crippen LogP contribution in [-0.4, -0.2) is 67.5 Å². The molecule has 120 valence electrons. The van der Waals surface area contributed by atoms with Crippen molar-refractivity contribution in [3.8, 4) is 0 Å². The molecule has 3 rings (SSSR count). The van der Waals surface area contributed by atoms with Crippen molar-refractivity contribution < 1.29 is 32.4 Å². The van der Waals surface area contributed by atoms with Crippen LogP contribution in [0.3, 0.4) is 0 Å². The zero-order chi connectivity index (χ0) is 16.0. The molecule has 3 aliphatic heterocycles. The molecular formula is C12H19NO7S. The number of aliphatic carboxylic acids is 2. The monoisotopic (exact) mass is 321 g/mol. The van der Waals surface area contributed by atoms with Gasteiger partial charge in [-0.05, 0) is 31.8 Å². The van der Waals surface area contributed by atoms with Crippen molar-refractivity contribution in [3.63, 3.8) is 0 Å². The topological polar surface area (TPSA) is 121 Å². The molecule has 0 amide bonds. The number of carboxylic acid groups (broad SMARTS) is 2. The Hall–Kier alpha value is -1.45. The largest absolute Gasteiger partial charge is 0.478 e. The third-order valence-corrected chi connectivity index (χ3v) is 3.86. The van der Waals surface area contributed by atoms with Gasteiger partial charge in [-0.2, -0.15) is 8.42 Å². The Labute approximate surface area is 123 Å². The first-order valence-corrected chi connectivity index (χ1v) is 8.23. The average molecular weight is 321 g/mol. The Morgan fingerprint density at radius 1 is 1.14 bits per heavy atom. The molecule has 3 aliphatic rings. The molecule has 0 aliphatic carbocycles. The second-order valence-corrected chi connectivity index (χ2v) is 6.59. The summed E-state index contributed by atoms with van der Waals surface area (Å²) in [6.07, 6.45) is 4.33. The standard InChI is InChI=1S/C8H15NO3S.C4H4O4/c1-13(10,11)12-8-6-9-4-2-7(8)3-5-9;5-3(6)1-2-4(7)8/h7-8H,2-6H2,1H3;1-2H,(H,5,6)(H,7,8). The van der Waals surface area contributed by atoms with Gasteiger partial charge in [0.05, 0.1) is 12.4 Å². The van der Waals surface area contributed by atoms with Crippen molar-refractivity contribution in [1.82, 2.24) is 4.90 Å². The highest BCUT2D eigenvalue weighted by Crippen LogP contribution is 2.30. The molecule has 2 N–H and O–H groups in total. The van der Waals surface area contributed by atoms with Crippen LogP contribution >= 0.6 is 0 Å². The maximum Gasteiger partial charge on any atom is 0.328 e. The van der Waals surface area contributed by atoms with Crippen molar-refractivity contribution in [2.24, 2.45) is 5.92 Å². The fourth-order valence-corrected chi connectivity index (χ4v) is 3.05. The lowest BCUT2D eigenvalue weighted by atomic mass is 9.86. The van der Waals surface area contributed by atoms with E-state index in [1.807, 2.05) is 0 Å². The summed E-state index contributed by atoms with van der Waals surface area (Å²) in [6, 6.07) is 0. The second kappa shape index (κ2) is 7.53. The molecule has 21 heavy (non-hydrogen) atoms. The van der Waals surface area contributed by atoms with Crippen molar-refractivity contribution in [3.05, 3.63) is 12.2 Å². The minimum atomic E-state index is -3.27. The summed E-state index contributed by atoms with van der Waals surface area (Å²) in [6.45, 7) is 3.00. The SMILES string of the molecule is CS(=O)(=O)OC1CN2CCC1CC2.O=C(O)C=CC(=O)O. The molecule has 0 spiro atoms. The number of piperidine rings is 3. The fourth-order valence-electron chi connectivity index (χ4n) is 2.39. The lowest BCUT2D eigenvalue weighted by Crippen LogP contribution is -2.51. The zero-order valence-electron chi connectivity index (χ0n) is 11.6. The number of fused-ring (bicyclic) bond motifs is 3. The van der Waals surface area contributed by atoms with E-state index in [1.165, 1.54) is 0 Å². The van der Waals surface area contributed by atoms with Crippen LogP contribution in [-0.2, 0) is 23.9 Å². The molecule has 3 fully saturated rings. The number of hydrogen-bond acceptors (Lipinski definition) is 6. The Morgan fingerprint density at radius 2 is 1.62 bits per heavy atom. The maximum atomic E-state index is 10.9. The minimum absolute atomic E-state index is 0.0856. The van der Waals surface area contributed by atoms with Crippen molar-refractivity contribution in [2.75, 3.05) is 25.9 Å². The van der Waals surface area contributed by atoms with Crippen LogP contribution in [0, 0.1) is 5.92 Å². The summed E-state index contributed by atoms with van der Waals surface area (Å²) >= 11 is 0. The zero-order valence-corrected chi connectivity index (χ0v) is 12.5. The van der Waals surface area contributed by atoms with Gasteiger partial charge in [-0.15, -0.1) is 0 Å². The van der Waals surface area contributed by atoms with Crippen LogP contribution in [0.25, 0.3) is 0 Å². The summed E-state index contributed by atoms with van der Waals surface area (Å²) in [5.74, 6) is -2.06. The molecule has 0 aromatic carbocycles. The van der Waals surface area contributed by atoms with Crippen LogP contribution in [0.5, 0.6) is 0 Å². The van der Waals surface area contributed by atoms with Crippen LogP contribution in [0.4, 0.5) is 0 Å². The molecule has 9 heteroatoms. The first kappa shape index (κ1) is 17.6. The molecule has 3 heterocycles. The lowest BCUT2D eigenvalue weighted by molar-refractivity contribution is -0.134. The van der Waals surface area contributed by atoms with Gasteiger partial charge in [0.2, 0.25) is 0 Å². The third kappa shape index (κ3) is 7.21. The summed E-state index contributed by atoms with van der Waals surface area (Å²) in [7, 11) is -3.27. The third-order valence-electron chi connectivity index (χ3n) is 3.26. The van der Waals surface area contributed by atoms with Crippen molar-refractivity contribution in [2.45, 2.75) is 18.9 Å². The van der Waals surface area contributed by atoms with Gasteiger partial charge < -0.3 is 15.1 Å². The molecule has 3 saturated heterocycles. The summed E-state index contributed by atoms with van der Waals surface area (Å²) < 4.78 is 26.9. The molecule has 8 nitrogen and oxygen atoms in total. The molecule has 0 radical (unpaired) electrons. The van der Waals surface area contributed by atoms with E-state index in [4.69, 9.17) is 14.4 Å². The second-order valence-electron chi connectivity index (χ2n) is 4.99. The number of nitrogens with zero attached hydrogens (tertiary/aromatic N) is 1. The molecule has 0 aromatic heterocycles. The molecule has 1 unspecified atom stereocenters. The first-order valence-electron chi connectivity index (χ1n) is 6.42. The summed E-state index contributed by atoms with van der Waals surface area (Å²) in [4.78, 5) is 21.4. The van der Waals surface area contributed by atoms with Gasteiger partial charge >= 0.3 is 11.9 Å². The van der Waals surface area contributed by atoms with Crippen LogP contribution < -0.4 is 0 Å². The van der Waals surface area contributed by atoms with Crippen molar-refractivity contribution >= 4 is 22.1 Å². The summed E-state index contributed by atoms with van der Waals surface area (Å²) in [5.41, 5.74) is 0.